The van der Waals surface area contributed by atoms with Crippen LogP contribution in [0.15, 0.2) is 29.8 Å². The Bertz CT molecular complexity index is 685. The Morgan fingerprint density at radius 2 is 2.10 bits per heavy atom. The lowest BCUT2D eigenvalue weighted by molar-refractivity contribution is 0.355. The maximum atomic E-state index is 9.38. The molecule has 21 heavy (non-hydrogen) atoms. The van der Waals surface area contributed by atoms with E-state index < -0.39 is 7.12 Å². The number of methoxy groups -OCH3 is 2. The summed E-state index contributed by atoms with van der Waals surface area (Å²) in [6, 6.07) is 5.70. The molecule has 0 saturated carbocycles. The summed E-state index contributed by atoms with van der Waals surface area (Å²) in [5, 5.41) is 12.2. The van der Waals surface area contributed by atoms with Crippen LogP contribution in [0.5, 0.6) is 11.5 Å². The van der Waals surface area contributed by atoms with Crippen molar-refractivity contribution in [1.82, 2.24) is 4.98 Å². The minimum atomic E-state index is -0.758. The molecule has 0 fully saturated rings. The molecule has 0 unspecified atom stereocenters. The molecule has 3 rings (SSSR count). The molecule has 5 nitrogen and oxygen atoms in total. The van der Waals surface area contributed by atoms with Crippen molar-refractivity contribution < 1.29 is 19.2 Å². The van der Waals surface area contributed by atoms with Crippen molar-refractivity contribution in [1.29, 1.82) is 0 Å². The second-order valence-electron chi connectivity index (χ2n) is 4.55. The normalized spacial score (nSPS) is 13.9. The van der Waals surface area contributed by atoms with Crippen LogP contribution in [0.2, 0.25) is 6.32 Å². The summed E-state index contributed by atoms with van der Waals surface area (Å²) >= 11 is 1.54. The number of benzene rings is 1. The predicted molar refractivity (Wildman–Crippen MR) is 82.5 cm³/mol. The van der Waals surface area contributed by atoms with Crippen LogP contribution in [0.25, 0.3) is 16.1 Å². The summed E-state index contributed by atoms with van der Waals surface area (Å²) in [4.78, 5) is 4.59. The van der Waals surface area contributed by atoms with E-state index in [1.807, 2.05) is 23.6 Å². The molecule has 1 aromatic heterocycles. The molecule has 2 aromatic rings. The second-order valence-corrected chi connectivity index (χ2v) is 5.40. The molecule has 1 N–H and O–H groups in total. The van der Waals surface area contributed by atoms with Crippen LogP contribution in [-0.2, 0) is 4.65 Å². The fourth-order valence-electron chi connectivity index (χ4n) is 2.13. The van der Waals surface area contributed by atoms with Crippen molar-refractivity contribution >= 4 is 24.0 Å². The van der Waals surface area contributed by atoms with E-state index in [0.29, 0.717) is 17.8 Å². The Labute approximate surface area is 127 Å². The van der Waals surface area contributed by atoms with E-state index >= 15 is 0 Å². The van der Waals surface area contributed by atoms with Crippen LogP contribution in [0.1, 0.15) is 5.69 Å². The molecule has 0 aliphatic carbocycles. The number of nitrogens with zero attached hydrogens (tertiary/aromatic N) is 1. The number of thiazole rings is 1. The third-order valence-electron chi connectivity index (χ3n) is 3.23. The highest BCUT2D eigenvalue weighted by Crippen LogP contribution is 2.35. The molecule has 2 heterocycles. The van der Waals surface area contributed by atoms with Crippen molar-refractivity contribution in [2.45, 2.75) is 6.32 Å². The highest BCUT2D eigenvalue weighted by molar-refractivity contribution is 7.13. The van der Waals surface area contributed by atoms with Gasteiger partial charge in [0.25, 0.3) is 0 Å². The molecule has 0 spiro atoms. The largest absolute Gasteiger partial charge is 0.541 e. The van der Waals surface area contributed by atoms with Crippen LogP contribution >= 0.6 is 11.3 Å². The minimum absolute atomic E-state index is 0.467. The van der Waals surface area contributed by atoms with E-state index in [1.165, 1.54) is 11.3 Å². The van der Waals surface area contributed by atoms with E-state index in [-0.39, 0.29) is 0 Å². The molecular weight excluding hydrogens is 289 g/mol. The monoisotopic (exact) mass is 303 g/mol. The van der Waals surface area contributed by atoms with Gasteiger partial charge in [-0.25, -0.2) is 4.98 Å². The van der Waals surface area contributed by atoms with Gasteiger partial charge in [-0.15, -0.1) is 11.3 Å². The van der Waals surface area contributed by atoms with Crippen LogP contribution < -0.4 is 9.47 Å². The summed E-state index contributed by atoms with van der Waals surface area (Å²) in [5.41, 5.74) is 2.70. The summed E-state index contributed by atoms with van der Waals surface area (Å²) in [5.74, 6) is 1.36. The van der Waals surface area contributed by atoms with E-state index in [9.17, 15) is 5.02 Å². The van der Waals surface area contributed by atoms with Crippen molar-refractivity contribution in [2.24, 2.45) is 0 Å². The van der Waals surface area contributed by atoms with Crippen LogP contribution in [-0.4, -0.2) is 31.3 Å². The first-order valence-electron chi connectivity index (χ1n) is 6.42. The molecule has 0 atom stereocenters. The summed E-state index contributed by atoms with van der Waals surface area (Å²) in [6.07, 6.45) is 2.03. The van der Waals surface area contributed by atoms with E-state index in [2.05, 4.69) is 4.98 Å². The van der Waals surface area contributed by atoms with Crippen molar-refractivity contribution in [3.63, 3.8) is 0 Å². The number of ether oxygens (including phenoxy) is 2. The number of allylic oxidation sites excluding steroid dienone is 1. The van der Waals surface area contributed by atoms with Gasteiger partial charge in [-0.05, 0) is 18.2 Å². The number of aromatic nitrogens is 1. The van der Waals surface area contributed by atoms with Crippen molar-refractivity contribution in [3.05, 3.63) is 35.5 Å². The lowest BCUT2D eigenvalue weighted by Crippen LogP contribution is -2.08. The zero-order valence-electron chi connectivity index (χ0n) is 11.7. The molecule has 0 bridgehead atoms. The highest BCUT2D eigenvalue weighted by Gasteiger charge is 2.25. The average Bonchev–Trinajstić information content (AvgIpc) is 3.15. The maximum absolute atomic E-state index is 9.38. The van der Waals surface area contributed by atoms with Gasteiger partial charge in [0, 0.05) is 22.8 Å². The molecule has 108 valence electrons. The van der Waals surface area contributed by atoms with Crippen molar-refractivity contribution in [3.8, 4) is 22.1 Å². The van der Waals surface area contributed by atoms with E-state index in [1.54, 1.807) is 20.5 Å². The summed E-state index contributed by atoms with van der Waals surface area (Å²) in [7, 11) is 2.46. The number of hydrogen-bond donors (Lipinski definition) is 1. The molecule has 0 amide bonds. The molecular formula is C14H14BNO4S. The Morgan fingerprint density at radius 1 is 1.29 bits per heavy atom. The molecule has 1 aliphatic rings. The lowest BCUT2D eigenvalue weighted by Gasteiger charge is -2.08. The first kappa shape index (κ1) is 14.0. The fraction of sp³-hybridized carbons (Fsp3) is 0.214. The average molecular weight is 303 g/mol. The Balaban J connectivity index is 1.89. The summed E-state index contributed by atoms with van der Waals surface area (Å²) in [6.45, 7) is 0. The Morgan fingerprint density at radius 3 is 2.76 bits per heavy atom. The lowest BCUT2D eigenvalue weighted by atomic mass is 9.83. The van der Waals surface area contributed by atoms with E-state index in [4.69, 9.17) is 14.1 Å². The van der Waals surface area contributed by atoms with Gasteiger partial charge in [-0.1, -0.05) is 0 Å². The van der Waals surface area contributed by atoms with Gasteiger partial charge in [-0.2, -0.15) is 0 Å². The van der Waals surface area contributed by atoms with Crippen LogP contribution in [0.4, 0.5) is 0 Å². The topological polar surface area (TPSA) is 60.8 Å². The van der Waals surface area contributed by atoms with Gasteiger partial charge < -0.3 is 19.2 Å². The zero-order chi connectivity index (χ0) is 14.8. The fourth-order valence-corrected chi connectivity index (χ4v) is 2.97. The van der Waals surface area contributed by atoms with Gasteiger partial charge >= 0.3 is 7.12 Å². The zero-order valence-corrected chi connectivity index (χ0v) is 12.5. The standard InChI is InChI=1S/C14H14BNO4S/c1-18-12-4-3-9(5-13(12)19-2)14-16-11(8-21-14)10-6-15(17)20-7-10/h3-5,7-8,17H,6H2,1-2H3. The third-order valence-corrected chi connectivity index (χ3v) is 4.12. The quantitative estimate of drug-likeness (QED) is 0.880. The minimum Gasteiger partial charge on any atom is -0.541 e. The molecule has 1 aromatic carbocycles. The Hall–Kier alpha value is -1.99. The van der Waals surface area contributed by atoms with Gasteiger partial charge in [0.2, 0.25) is 0 Å². The number of rotatable bonds is 4. The molecule has 1 aliphatic heterocycles. The third kappa shape index (κ3) is 2.75. The van der Waals surface area contributed by atoms with Crippen LogP contribution in [0.3, 0.4) is 0 Å². The smallest absolute Gasteiger partial charge is 0.527 e. The van der Waals surface area contributed by atoms with Gasteiger partial charge in [-0.3, -0.25) is 0 Å². The molecule has 0 saturated heterocycles. The summed E-state index contributed by atoms with van der Waals surface area (Å²) < 4.78 is 15.6. The van der Waals surface area contributed by atoms with Gasteiger partial charge in [0.15, 0.2) is 11.5 Å². The Kier molecular flexibility index (Phi) is 3.85. The first-order valence-corrected chi connectivity index (χ1v) is 7.30. The molecule has 7 heteroatoms. The predicted octanol–water partition coefficient (Wildman–Crippen LogP) is 2.68. The van der Waals surface area contributed by atoms with Crippen LogP contribution in [0, 0.1) is 0 Å². The maximum Gasteiger partial charge on any atom is 0.527 e. The highest BCUT2D eigenvalue weighted by atomic mass is 32.1. The molecule has 0 radical (unpaired) electrons. The number of hydrogen-bond acceptors (Lipinski definition) is 6. The van der Waals surface area contributed by atoms with E-state index in [0.717, 1.165) is 21.8 Å². The van der Waals surface area contributed by atoms with Gasteiger partial charge in [0.1, 0.15) is 5.01 Å². The SMILES string of the molecule is COc1ccc(-c2nc(C3=COB(O)C3)cs2)cc1OC. The van der Waals surface area contributed by atoms with Crippen molar-refractivity contribution in [2.75, 3.05) is 14.2 Å². The second kappa shape index (κ2) is 5.79. The van der Waals surface area contributed by atoms with Gasteiger partial charge in [0.05, 0.1) is 26.2 Å². The first-order chi connectivity index (χ1) is 10.2.